The summed E-state index contributed by atoms with van der Waals surface area (Å²) in [6.45, 7) is 1.95. The minimum absolute atomic E-state index is 0.0552. The van der Waals surface area contributed by atoms with Crippen molar-refractivity contribution in [1.29, 1.82) is 0 Å². The molecule has 0 fully saturated rings. The third-order valence-corrected chi connectivity index (χ3v) is 4.92. The third kappa shape index (κ3) is 5.46. The number of carbonyl (C=O) groups excluding carboxylic acids is 2. The number of nitrogens with one attached hydrogen (secondary N) is 2. The normalized spacial score (nSPS) is 11.6. The van der Waals surface area contributed by atoms with Crippen molar-refractivity contribution in [3.05, 3.63) is 76.2 Å². The molecule has 0 saturated heterocycles. The molecule has 1 atom stereocenters. The quantitative estimate of drug-likeness (QED) is 0.656. The Bertz CT molecular complexity index is 897. The van der Waals surface area contributed by atoms with Gasteiger partial charge in [0.1, 0.15) is 5.01 Å². The Morgan fingerprint density at radius 2 is 1.67 bits per heavy atom. The average Bonchev–Trinajstić information content (AvgIpc) is 3.17. The molecular formula is C20H20N4O2S. The van der Waals surface area contributed by atoms with E-state index in [9.17, 15) is 9.59 Å². The van der Waals surface area contributed by atoms with Crippen LogP contribution in [0.4, 0.5) is 5.69 Å². The summed E-state index contributed by atoms with van der Waals surface area (Å²) in [7, 11) is 0. The topological polar surface area (TPSA) is 84.0 Å². The van der Waals surface area contributed by atoms with Crippen LogP contribution in [-0.2, 0) is 11.2 Å². The molecule has 3 rings (SSSR count). The van der Waals surface area contributed by atoms with Gasteiger partial charge in [0.2, 0.25) is 10.9 Å². The Morgan fingerprint density at radius 3 is 2.37 bits per heavy atom. The summed E-state index contributed by atoms with van der Waals surface area (Å²) < 4.78 is 0. The average molecular weight is 380 g/mol. The minimum atomic E-state index is -0.299. The summed E-state index contributed by atoms with van der Waals surface area (Å²) in [6.07, 6.45) is 0.746. The maximum atomic E-state index is 12.2. The molecule has 0 radical (unpaired) electrons. The molecule has 2 N–H and O–H groups in total. The van der Waals surface area contributed by atoms with E-state index in [1.807, 2.05) is 55.5 Å². The van der Waals surface area contributed by atoms with Gasteiger partial charge < -0.3 is 10.6 Å². The number of benzene rings is 2. The minimum Gasteiger partial charge on any atom is -0.350 e. The van der Waals surface area contributed by atoms with Gasteiger partial charge in [-0.25, -0.2) is 0 Å². The molecule has 0 spiro atoms. The van der Waals surface area contributed by atoms with Gasteiger partial charge in [0.05, 0.1) is 6.04 Å². The van der Waals surface area contributed by atoms with Crippen molar-refractivity contribution in [2.75, 3.05) is 5.32 Å². The molecule has 2 aromatic carbocycles. The summed E-state index contributed by atoms with van der Waals surface area (Å²) in [5.74, 6) is -0.357. The highest BCUT2D eigenvalue weighted by Gasteiger charge is 2.15. The summed E-state index contributed by atoms with van der Waals surface area (Å²) in [5.41, 5.74) is 1.76. The van der Waals surface area contributed by atoms with Crippen LogP contribution in [0.1, 0.15) is 39.8 Å². The van der Waals surface area contributed by atoms with Gasteiger partial charge in [0, 0.05) is 18.5 Å². The highest BCUT2D eigenvalue weighted by molar-refractivity contribution is 7.13. The number of hydrogen-bond donors (Lipinski definition) is 2. The van der Waals surface area contributed by atoms with E-state index in [2.05, 4.69) is 20.8 Å². The van der Waals surface area contributed by atoms with Crippen molar-refractivity contribution in [1.82, 2.24) is 15.5 Å². The van der Waals surface area contributed by atoms with Crippen molar-refractivity contribution >= 4 is 28.8 Å². The first-order valence-corrected chi connectivity index (χ1v) is 9.46. The lowest BCUT2D eigenvalue weighted by molar-refractivity contribution is -0.121. The zero-order valence-electron chi connectivity index (χ0n) is 14.9. The van der Waals surface area contributed by atoms with E-state index in [0.29, 0.717) is 23.5 Å². The molecule has 1 aromatic heterocycles. The molecule has 0 bridgehead atoms. The maximum absolute atomic E-state index is 12.2. The van der Waals surface area contributed by atoms with Crippen LogP contribution < -0.4 is 10.6 Å². The van der Waals surface area contributed by atoms with Gasteiger partial charge in [0.25, 0.3) is 5.91 Å². The number of nitrogens with zero attached hydrogens (tertiary/aromatic N) is 2. The van der Waals surface area contributed by atoms with Gasteiger partial charge in [-0.3, -0.25) is 9.59 Å². The number of carbonyl (C=O) groups is 2. The summed E-state index contributed by atoms with van der Waals surface area (Å²) in [4.78, 5) is 24.3. The summed E-state index contributed by atoms with van der Waals surface area (Å²) in [5, 5.41) is 14.6. The first kappa shape index (κ1) is 18.7. The third-order valence-electron chi connectivity index (χ3n) is 3.94. The number of rotatable bonds is 7. The lowest BCUT2D eigenvalue weighted by Crippen LogP contribution is -2.26. The number of amides is 2. The second-order valence-electron chi connectivity index (χ2n) is 6.02. The highest BCUT2D eigenvalue weighted by atomic mass is 32.1. The van der Waals surface area contributed by atoms with Crippen molar-refractivity contribution in [3.8, 4) is 0 Å². The van der Waals surface area contributed by atoms with E-state index in [0.717, 1.165) is 5.56 Å². The lowest BCUT2D eigenvalue weighted by Gasteiger charge is -2.13. The molecule has 2 amide bonds. The van der Waals surface area contributed by atoms with Crippen LogP contribution in [0.25, 0.3) is 0 Å². The maximum Gasteiger partial charge on any atom is 0.286 e. The number of anilines is 1. The van der Waals surface area contributed by atoms with Gasteiger partial charge in [0.15, 0.2) is 0 Å². The Labute approximate surface area is 161 Å². The standard InChI is InChI=1S/C20H20N4O2S/c1-14(15-8-4-2-5-9-15)21-17(25)12-13-18-23-24-20(27-18)19(26)22-16-10-6-3-7-11-16/h2-11,14H,12-13H2,1H3,(H,21,25)(H,22,26)/t14-/m0/s1. The van der Waals surface area contributed by atoms with Crippen LogP contribution in [0, 0.1) is 0 Å². The van der Waals surface area contributed by atoms with Crippen LogP contribution in [0.5, 0.6) is 0 Å². The summed E-state index contributed by atoms with van der Waals surface area (Å²) >= 11 is 1.20. The fourth-order valence-electron chi connectivity index (χ4n) is 2.51. The fraction of sp³-hybridized carbons (Fsp3) is 0.200. The highest BCUT2D eigenvalue weighted by Crippen LogP contribution is 2.15. The van der Waals surface area contributed by atoms with Crippen LogP contribution in [0.15, 0.2) is 60.7 Å². The van der Waals surface area contributed by atoms with Gasteiger partial charge >= 0.3 is 0 Å². The Hall–Kier alpha value is -3.06. The van der Waals surface area contributed by atoms with E-state index in [-0.39, 0.29) is 22.9 Å². The Morgan fingerprint density at radius 1 is 1.00 bits per heavy atom. The number of aromatic nitrogens is 2. The fourth-order valence-corrected chi connectivity index (χ4v) is 3.25. The second kappa shape index (κ2) is 9.05. The van der Waals surface area contributed by atoms with Crippen LogP contribution in [0.2, 0.25) is 0 Å². The predicted octanol–water partition coefficient (Wildman–Crippen LogP) is 3.60. The number of aryl methyl sites for hydroxylation is 1. The molecule has 27 heavy (non-hydrogen) atoms. The largest absolute Gasteiger partial charge is 0.350 e. The van der Waals surface area contributed by atoms with Gasteiger partial charge in [-0.05, 0) is 24.6 Å². The number of hydrogen-bond acceptors (Lipinski definition) is 5. The van der Waals surface area contributed by atoms with Crippen molar-refractivity contribution < 1.29 is 9.59 Å². The molecule has 7 heteroatoms. The molecule has 0 aliphatic rings. The molecule has 3 aromatic rings. The van der Waals surface area contributed by atoms with Crippen molar-refractivity contribution in [2.45, 2.75) is 25.8 Å². The SMILES string of the molecule is C[C@H](NC(=O)CCc1nnc(C(=O)Nc2ccccc2)s1)c1ccccc1. The van der Waals surface area contributed by atoms with E-state index in [1.54, 1.807) is 12.1 Å². The van der Waals surface area contributed by atoms with Gasteiger partial charge in [-0.1, -0.05) is 59.9 Å². The zero-order chi connectivity index (χ0) is 19.1. The Kier molecular flexibility index (Phi) is 6.27. The molecule has 0 unspecified atom stereocenters. The van der Waals surface area contributed by atoms with Crippen LogP contribution >= 0.6 is 11.3 Å². The van der Waals surface area contributed by atoms with Crippen molar-refractivity contribution in [3.63, 3.8) is 0 Å². The monoisotopic (exact) mass is 380 g/mol. The molecule has 138 valence electrons. The van der Waals surface area contributed by atoms with Gasteiger partial charge in [-0.2, -0.15) is 0 Å². The van der Waals surface area contributed by atoms with E-state index >= 15 is 0 Å². The lowest BCUT2D eigenvalue weighted by atomic mass is 10.1. The van der Waals surface area contributed by atoms with Crippen LogP contribution in [0.3, 0.4) is 0 Å². The molecular weight excluding hydrogens is 360 g/mol. The molecule has 0 saturated carbocycles. The van der Waals surface area contributed by atoms with Crippen LogP contribution in [-0.4, -0.2) is 22.0 Å². The zero-order valence-corrected chi connectivity index (χ0v) is 15.7. The van der Waals surface area contributed by atoms with Crippen molar-refractivity contribution in [2.24, 2.45) is 0 Å². The van der Waals surface area contributed by atoms with E-state index in [4.69, 9.17) is 0 Å². The first-order valence-electron chi connectivity index (χ1n) is 8.65. The molecule has 0 aliphatic carbocycles. The molecule has 1 heterocycles. The summed E-state index contributed by atoms with van der Waals surface area (Å²) in [6, 6.07) is 18.9. The van der Waals surface area contributed by atoms with Gasteiger partial charge in [-0.15, -0.1) is 10.2 Å². The van der Waals surface area contributed by atoms with E-state index < -0.39 is 0 Å². The Balaban J connectivity index is 1.49. The predicted molar refractivity (Wildman–Crippen MR) is 106 cm³/mol. The molecule has 6 nitrogen and oxygen atoms in total. The first-order chi connectivity index (χ1) is 13.1. The smallest absolute Gasteiger partial charge is 0.286 e. The van der Waals surface area contributed by atoms with E-state index in [1.165, 1.54) is 11.3 Å². The molecule has 0 aliphatic heterocycles. The number of para-hydroxylation sites is 1. The second-order valence-corrected chi connectivity index (χ2v) is 7.08.